The fourth-order valence-corrected chi connectivity index (χ4v) is 2.83. The lowest BCUT2D eigenvalue weighted by atomic mass is 10.0. The highest BCUT2D eigenvalue weighted by atomic mass is 16.6. The van der Waals surface area contributed by atoms with Crippen molar-refractivity contribution in [2.24, 2.45) is 0 Å². The number of carbonyl (C=O) groups excluding carboxylic acids is 4. The largest absolute Gasteiger partial charge is 0.503 e. The monoisotopic (exact) mass is 426 g/mol. The number of nitrogens with one attached hydrogen (secondary N) is 1. The Morgan fingerprint density at radius 2 is 1.67 bits per heavy atom. The number of carbonyl (C=O) groups is 4. The van der Waals surface area contributed by atoms with Crippen LogP contribution < -0.4 is 10.1 Å². The summed E-state index contributed by atoms with van der Waals surface area (Å²) in [5, 5.41) is 12.5. The number of aromatic hydroxyl groups is 1. The van der Waals surface area contributed by atoms with Crippen molar-refractivity contribution in [3.05, 3.63) is 18.0 Å². The fourth-order valence-electron chi connectivity index (χ4n) is 2.83. The van der Waals surface area contributed by atoms with Gasteiger partial charge in [-0.3, -0.25) is 19.2 Å². The molecule has 0 bridgehead atoms. The van der Waals surface area contributed by atoms with Crippen LogP contribution in [0.5, 0.6) is 11.5 Å². The molecule has 0 unspecified atom stereocenters. The molecule has 1 aromatic rings. The maximum atomic E-state index is 12.6. The van der Waals surface area contributed by atoms with Crippen molar-refractivity contribution in [2.45, 2.75) is 45.3 Å². The SMILES string of the molecule is COc1ccnc(C(=O)N[C@@H]2OC[C@@H](OC(C)=O)[C@H](OC(C)=O)[C@H]2OC(C)=O)c1O. The molecular weight excluding hydrogens is 404 g/mol. The van der Waals surface area contributed by atoms with Gasteiger partial charge in [-0.1, -0.05) is 0 Å². The Hall–Kier alpha value is -3.41. The molecule has 12 heteroatoms. The Labute approximate surface area is 171 Å². The van der Waals surface area contributed by atoms with E-state index in [2.05, 4.69) is 10.3 Å². The first-order valence-electron chi connectivity index (χ1n) is 8.80. The summed E-state index contributed by atoms with van der Waals surface area (Å²) in [6.07, 6.45) is -3.73. The molecule has 1 aromatic heterocycles. The van der Waals surface area contributed by atoms with Crippen molar-refractivity contribution >= 4 is 23.8 Å². The molecule has 30 heavy (non-hydrogen) atoms. The van der Waals surface area contributed by atoms with E-state index in [1.165, 1.54) is 19.4 Å². The summed E-state index contributed by atoms with van der Waals surface area (Å²) in [5.41, 5.74) is -0.370. The number of methoxy groups -OCH3 is 1. The zero-order valence-corrected chi connectivity index (χ0v) is 16.7. The lowest BCUT2D eigenvalue weighted by Crippen LogP contribution is -2.62. The van der Waals surface area contributed by atoms with Gasteiger partial charge in [0.1, 0.15) is 0 Å². The van der Waals surface area contributed by atoms with E-state index < -0.39 is 54.1 Å². The highest BCUT2D eigenvalue weighted by Gasteiger charge is 2.47. The molecule has 0 radical (unpaired) electrons. The number of hydrogen-bond acceptors (Lipinski definition) is 11. The molecule has 2 rings (SSSR count). The van der Waals surface area contributed by atoms with E-state index in [0.29, 0.717) is 0 Å². The lowest BCUT2D eigenvalue weighted by Gasteiger charge is -2.40. The number of pyridine rings is 1. The second-order valence-electron chi connectivity index (χ2n) is 6.23. The smallest absolute Gasteiger partial charge is 0.303 e. The highest BCUT2D eigenvalue weighted by Crippen LogP contribution is 2.28. The van der Waals surface area contributed by atoms with E-state index in [0.717, 1.165) is 20.8 Å². The Morgan fingerprint density at radius 3 is 2.23 bits per heavy atom. The van der Waals surface area contributed by atoms with Crippen LogP contribution in [0.2, 0.25) is 0 Å². The number of rotatable bonds is 6. The Kier molecular flexibility index (Phi) is 7.53. The minimum atomic E-state index is -1.35. The number of hydrogen-bond donors (Lipinski definition) is 2. The van der Waals surface area contributed by atoms with Crippen LogP contribution in [-0.2, 0) is 33.3 Å². The summed E-state index contributed by atoms with van der Waals surface area (Å²) in [5.74, 6) is -3.52. The van der Waals surface area contributed by atoms with E-state index in [4.69, 9.17) is 23.7 Å². The highest BCUT2D eigenvalue weighted by molar-refractivity contribution is 5.95. The van der Waals surface area contributed by atoms with Gasteiger partial charge in [0.05, 0.1) is 13.7 Å². The van der Waals surface area contributed by atoms with Crippen LogP contribution >= 0.6 is 0 Å². The maximum absolute atomic E-state index is 12.6. The molecular formula is C18H22N2O10. The van der Waals surface area contributed by atoms with Crippen LogP contribution in [0.1, 0.15) is 31.3 Å². The van der Waals surface area contributed by atoms with E-state index in [1.54, 1.807) is 0 Å². The minimum absolute atomic E-state index is 0.0176. The van der Waals surface area contributed by atoms with Crippen LogP contribution in [0.25, 0.3) is 0 Å². The molecule has 0 aliphatic carbocycles. The maximum Gasteiger partial charge on any atom is 0.303 e. The van der Waals surface area contributed by atoms with Gasteiger partial charge < -0.3 is 34.1 Å². The van der Waals surface area contributed by atoms with Gasteiger partial charge in [-0.05, 0) is 0 Å². The molecule has 1 saturated heterocycles. The van der Waals surface area contributed by atoms with E-state index in [9.17, 15) is 24.3 Å². The van der Waals surface area contributed by atoms with Gasteiger partial charge in [-0.2, -0.15) is 0 Å². The van der Waals surface area contributed by atoms with E-state index in [-0.39, 0.29) is 18.1 Å². The number of ether oxygens (including phenoxy) is 5. The lowest BCUT2D eigenvalue weighted by molar-refractivity contribution is -0.228. The van der Waals surface area contributed by atoms with Crippen molar-refractivity contribution in [2.75, 3.05) is 13.7 Å². The molecule has 1 amide bonds. The van der Waals surface area contributed by atoms with Gasteiger partial charge in [0.2, 0.25) is 0 Å². The Morgan fingerprint density at radius 1 is 1.07 bits per heavy atom. The second-order valence-corrected chi connectivity index (χ2v) is 6.23. The minimum Gasteiger partial charge on any atom is -0.503 e. The quantitative estimate of drug-likeness (QED) is 0.453. The van der Waals surface area contributed by atoms with E-state index >= 15 is 0 Å². The molecule has 0 saturated carbocycles. The van der Waals surface area contributed by atoms with Crippen LogP contribution in [0.15, 0.2) is 12.3 Å². The Balaban J connectivity index is 2.30. The van der Waals surface area contributed by atoms with Gasteiger partial charge in [-0.15, -0.1) is 0 Å². The number of amides is 1. The number of esters is 3. The van der Waals surface area contributed by atoms with Crippen molar-refractivity contribution in [1.82, 2.24) is 10.3 Å². The fraction of sp³-hybridized carbons (Fsp3) is 0.500. The second kappa shape index (κ2) is 9.87. The molecule has 0 spiro atoms. The van der Waals surface area contributed by atoms with Gasteiger partial charge in [0.15, 0.2) is 41.7 Å². The molecule has 0 aromatic carbocycles. The van der Waals surface area contributed by atoms with Crippen molar-refractivity contribution in [3.63, 3.8) is 0 Å². The van der Waals surface area contributed by atoms with Gasteiger partial charge in [-0.25, -0.2) is 4.98 Å². The average molecular weight is 426 g/mol. The van der Waals surface area contributed by atoms with E-state index in [1.807, 2.05) is 0 Å². The predicted octanol–water partition coefficient (Wildman–Crippen LogP) is -0.323. The molecule has 164 valence electrons. The molecule has 12 nitrogen and oxygen atoms in total. The topological polar surface area (TPSA) is 160 Å². The van der Waals surface area contributed by atoms with Crippen LogP contribution in [-0.4, -0.2) is 72.2 Å². The third kappa shape index (κ3) is 5.56. The first-order valence-corrected chi connectivity index (χ1v) is 8.80. The standard InChI is InChI=1S/C18H22N2O10/c1-8(21)28-12-7-27-18(16(30-10(3)23)15(12)29-9(2)22)20-17(25)13-14(24)11(26-4)5-6-19-13/h5-6,12,15-16,18,24H,7H2,1-4H3,(H,20,25)/t12-,15+,16-,18-/m1/s1. The summed E-state index contributed by atoms with van der Waals surface area (Å²) in [6, 6.07) is 1.35. The first kappa shape index (κ1) is 22.9. The van der Waals surface area contributed by atoms with Crippen LogP contribution in [0, 0.1) is 0 Å². The van der Waals surface area contributed by atoms with Gasteiger partial charge >= 0.3 is 17.9 Å². The van der Waals surface area contributed by atoms with Crippen molar-refractivity contribution in [3.8, 4) is 11.5 Å². The number of aromatic nitrogens is 1. The summed E-state index contributed by atoms with van der Waals surface area (Å²) >= 11 is 0. The third-order valence-corrected chi connectivity index (χ3v) is 3.95. The first-order chi connectivity index (χ1) is 14.1. The summed E-state index contributed by atoms with van der Waals surface area (Å²) in [7, 11) is 1.30. The van der Waals surface area contributed by atoms with Crippen LogP contribution in [0.4, 0.5) is 0 Å². The number of nitrogens with zero attached hydrogens (tertiary/aromatic N) is 1. The van der Waals surface area contributed by atoms with Crippen LogP contribution in [0.3, 0.4) is 0 Å². The molecule has 1 fully saturated rings. The van der Waals surface area contributed by atoms with Gasteiger partial charge in [0, 0.05) is 33.0 Å². The summed E-state index contributed by atoms with van der Waals surface area (Å²) < 4.78 is 25.9. The predicted molar refractivity (Wildman–Crippen MR) is 96.3 cm³/mol. The van der Waals surface area contributed by atoms with Gasteiger partial charge in [0.25, 0.3) is 5.91 Å². The zero-order valence-electron chi connectivity index (χ0n) is 16.7. The summed E-state index contributed by atoms with van der Waals surface area (Å²) in [4.78, 5) is 50.9. The van der Waals surface area contributed by atoms with Crippen molar-refractivity contribution in [1.29, 1.82) is 0 Å². The van der Waals surface area contributed by atoms with Crippen molar-refractivity contribution < 1.29 is 48.0 Å². The molecule has 2 heterocycles. The zero-order chi connectivity index (χ0) is 22.4. The average Bonchev–Trinajstić information content (AvgIpc) is 2.65. The molecule has 4 atom stereocenters. The molecule has 1 aliphatic heterocycles. The molecule has 1 aliphatic rings. The normalized spacial score (nSPS) is 23.1. The third-order valence-electron chi connectivity index (χ3n) is 3.95. The summed E-state index contributed by atoms with van der Waals surface area (Å²) in [6.45, 7) is 3.11. The molecule has 2 N–H and O–H groups in total. The Bertz CT molecular complexity index is 827.